The number of hydrogen-bond donors (Lipinski definition) is 0. The number of fused-ring (bicyclic) bond motifs is 3. The van der Waals surface area contributed by atoms with Crippen LogP contribution in [0.3, 0.4) is 0 Å². The van der Waals surface area contributed by atoms with Gasteiger partial charge in [-0.05, 0) is 38.7 Å². The molecule has 9 heteroatoms. The summed E-state index contributed by atoms with van der Waals surface area (Å²) in [5, 5.41) is 0.592. The molecule has 0 aliphatic carbocycles. The molecule has 1 radical (unpaired) electrons. The van der Waals surface area contributed by atoms with Gasteiger partial charge in [0.15, 0.2) is 0 Å². The number of carbonyl (C=O) groups is 1. The van der Waals surface area contributed by atoms with Crippen molar-refractivity contribution in [3.8, 4) is 5.88 Å². The molecule has 3 heterocycles. The minimum Gasteiger partial charge on any atom is -0.476 e. The van der Waals surface area contributed by atoms with Crippen LogP contribution in [0.1, 0.15) is 46.7 Å². The standard InChI is InChI=1S/C17H22F3N2O3Si/c1-15(2,3)25-14(23)22-9-16(4,5)8-12-24-13-10(26(12)22)6-7-11(21-13)17(18,19)20/h6-7,12H,8-9H2,1-5H3/t12-/m1/s1. The second-order valence-corrected chi connectivity index (χ2v) is 11.0. The number of ether oxygens (including phenoxy) is 2. The van der Waals surface area contributed by atoms with Crippen LogP contribution in [0.2, 0.25) is 0 Å². The molecule has 0 aromatic carbocycles. The lowest BCUT2D eigenvalue weighted by Crippen LogP contribution is -2.63. The Morgan fingerprint density at radius 3 is 2.58 bits per heavy atom. The van der Waals surface area contributed by atoms with Gasteiger partial charge in [-0.2, -0.15) is 13.2 Å². The molecule has 1 amide bonds. The summed E-state index contributed by atoms with van der Waals surface area (Å²) < 4.78 is 51.8. The number of alkyl halides is 3. The fourth-order valence-electron chi connectivity index (χ4n) is 3.26. The predicted octanol–water partition coefficient (Wildman–Crippen LogP) is 3.27. The Hall–Kier alpha value is -1.77. The van der Waals surface area contributed by atoms with E-state index < -0.39 is 32.5 Å². The maximum absolute atomic E-state index is 12.9. The van der Waals surface area contributed by atoms with Crippen molar-refractivity contribution in [2.24, 2.45) is 5.41 Å². The van der Waals surface area contributed by atoms with Crippen molar-refractivity contribution in [2.45, 2.75) is 58.5 Å². The van der Waals surface area contributed by atoms with Crippen molar-refractivity contribution in [1.82, 2.24) is 9.55 Å². The second kappa shape index (κ2) is 5.87. The highest BCUT2D eigenvalue weighted by atomic mass is 28.3. The van der Waals surface area contributed by atoms with Crippen LogP contribution in [0, 0.1) is 5.41 Å². The average molecular weight is 387 g/mol. The summed E-state index contributed by atoms with van der Waals surface area (Å²) in [5.74, 6) is -0.00928. The Morgan fingerprint density at radius 2 is 2.00 bits per heavy atom. The highest BCUT2D eigenvalue weighted by Gasteiger charge is 2.52. The molecule has 0 spiro atoms. The molecule has 2 aliphatic rings. The third-order valence-electron chi connectivity index (χ3n) is 4.21. The Labute approximate surface area is 152 Å². The van der Waals surface area contributed by atoms with Crippen LogP contribution in [0.15, 0.2) is 12.1 Å². The van der Waals surface area contributed by atoms with Crippen LogP contribution in [0.25, 0.3) is 0 Å². The van der Waals surface area contributed by atoms with Gasteiger partial charge in [0, 0.05) is 11.7 Å². The van der Waals surface area contributed by atoms with E-state index in [1.165, 1.54) is 6.07 Å². The molecule has 1 fully saturated rings. The molecular weight excluding hydrogens is 365 g/mol. The molecule has 5 nitrogen and oxygen atoms in total. The first-order valence-electron chi connectivity index (χ1n) is 8.39. The SMILES string of the molecule is CC1(C)C[C@@H]2Oc3nc(C(F)(F)F)ccc3[Si]2N(C(=O)OC(C)(C)C)C1. The lowest BCUT2D eigenvalue weighted by atomic mass is 9.89. The fraction of sp³-hybridized carbons (Fsp3) is 0.647. The van der Waals surface area contributed by atoms with Crippen LogP contribution in [-0.4, -0.2) is 42.5 Å². The summed E-state index contributed by atoms with van der Waals surface area (Å²) in [6.45, 7) is 9.83. The number of halogens is 3. The van der Waals surface area contributed by atoms with E-state index in [-0.39, 0.29) is 17.0 Å². The summed E-state index contributed by atoms with van der Waals surface area (Å²) in [6, 6.07) is 2.35. The lowest BCUT2D eigenvalue weighted by Gasteiger charge is -2.43. The number of hydrogen-bond acceptors (Lipinski definition) is 4. The van der Waals surface area contributed by atoms with E-state index in [0.717, 1.165) is 6.07 Å². The Morgan fingerprint density at radius 1 is 1.35 bits per heavy atom. The maximum atomic E-state index is 12.9. The maximum Gasteiger partial charge on any atom is 0.433 e. The predicted molar refractivity (Wildman–Crippen MR) is 90.4 cm³/mol. The molecule has 26 heavy (non-hydrogen) atoms. The Kier molecular flexibility index (Phi) is 4.29. The van der Waals surface area contributed by atoms with Gasteiger partial charge in [0.25, 0.3) is 8.96 Å². The number of aromatic nitrogens is 1. The normalized spacial score (nSPS) is 22.5. The molecule has 143 valence electrons. The molecule has 3 rings (SSSR count). The first-order valence-corrected chi connectivity index (χ1v) is 9.92. The number of rotatable bonds is 0. The van der Waals surface area contributed by atoms with Gasteiger partial charge < -0.3 is 14.0 Å². The zero-order valence-corrected chi connectivity index (χ0v) is 16.4. The second-order valence-electron chi connectivity index (χ2n) is 8.47. The first-order chi connectivity index (χ1) is 11.8. The van der Waals surface area contributed by atoms with Gasteiger partial charge in [0.1, 0.15) is 17.0 Å². The number of carbonyl (C=O) groups excluding carboxylic acids is 1. The van der Waals surface area contributed by atoms with E-state index >= 15 is 0 Å². The zero-order valence-electron chi connectivity index (χ0n) is 15.4. The van der Waals surface area contributed by atoms with Crippen LogP contribution in [0.4, 0.5) is 18.0 Å². The zero-order chi connectivity index (χ0) is 19.5. The van der Waals surface area contributed by atoms with Gasteiger partial charge in [-0.15, -0.1) is 0 Å². The minimum atomic E-state index is -4.53. The van der Waals surface area contributed by atoms with E-state index in [4.69, 9.17) is 9.47 Å². The molecule has 0 bridgehead atoms. The number of amides is 1. The first kappa shape index (κ1) is 19.0. The Balaban J connectivity index is 1.97. The van der Waals surface area contributed by atoms with Crippen LogP contribution in [-0.2, 0) is 10.9 Å². The molecule has 0 unspecified atom stereocenters. The van der Waals surface area contributed by atoms with Crippen molar-refractivity contribution >= 4 is 20.2 Å². The highest BCUT2D eigenvalue weighted by Crippen LogP contribution is 2.38. The van der Waals surface area contributed by atoms with Gasteiger partial charge in [0.05, 0.1) is 0 Å². The third kappa shape index (κ3) is 3.67. The number of pyridine rings is 1. The summed E-state index contributed by atoms with van der Waals surface area (Å²) in [7, 11) is -1.74. The van der Waals surface area contributed by atoms with Crippen molar-refractivity contribution in [3.05, 3.63) is 17.8 Å². The Bertz CT molecular complexity index is 731. The molecule has 1 atom stereocenters. The largest absolute Gasteiger partial charge is 0.476 e. The van der Waals surface area contributed by atoms with E-state index in [0.29, 0.717) is 18.2 Å². The summed E-state index contributed by atoms with van der Waals surface area (Å²) in [4.78, 5) is 16.4. The van der Waals surface area contributed by atoms with Crippen LogP contribution >= 0.6 is 0 Å². The van der Waals surface area contributed by atoms with Gasteiger partial charge in [0.2, 0.25) is 5.88 Å². The molecule has 1 aromatic rings. The smallest absolute Gasteiger partial charge is 0.433 e. The molecule has 1 aromatic heterocycles. The van der Waals surface area contributed by atoms with Crippen molar-refractivity contribution in [1.29, 1.82) is 0 Å². The van der Waals surface area contributed by atoms with Crippen LogP contribution < -0.4 is 9.92 Å². The van der Waals surface area contributed by atoms with Gasteiger partial charge >= 0.3 is 12.3 Å². The van der Waals surface area contributed by atoms with Crippen molar-refractivity contribution < 1.29 is 27.4 Å². The monoisotopic (exact) mass is 387 g/mol. The van der Waals surface area contributed by atoms with E-state index in [1.54, 1.807) is 25.3 Å². The van der Waals surface area contributed by atoms with E-state index in [9.17, 15) is 18.0 Å². The minimum absolute atomic E-state index is 0.00928. The average Bonchev–Trinajstić information content (AvgIpc) is 2.78. The molecule has 1 saturated heterocycles. The van der Waals surface area contributed by atoms with Crippen molar-refractivity contribution in [2.75, 3.05) is 6.54 Å². The fourth-order valence-corrected chi connectivity index (χ4v) is 6.65. The molecule has 2 aliphatic heterocycles. The van der Waals surface area contributed by atoms with Gasteiger partial charge in [-0.1, -0.05) is 19.9 Å². The number of nitrogens with zero attached hydrogens (tertiary/aromatic N) is 2. The van der Waals surface area contributed by atoms with Gasteiger partial charge in [-0.25, -0.2) is 9.78 Å². The van der Waals surface area contributed by atoms with E-state index in [1.807, 2.05) is 13.8 Å². The lowest BCUT2D eigenvalue weighted by molar-refractivity contribution is -0.141. The van der Waals surface area contributed by atoms with Crippen LogP contribution in [0.5, 0.6) is 5.88 Å². The summed E-state index contributed by atoms with van der Waals surface area (Å²) >= 11 is 0. The highest BCUT2D eigenvalue weighted by molar-refractivity contribution is 6.75. The summed E-state index contributed by atoms with van der Waals surface area (Å²) in [5.41, 5.74) is -2.22. The molecular formula is C17H22F3N2O3Si. The summed E-state index contributed by atoms with van der Waals surface area (Å²) in [6.07, 6.45) is -4.34. The van der Waals surface area contributed by atoms with Crippen molar-refractivity contribution in [3.63, 3.8) is 0 Å². The van der Waals surface area contributed by atoms with Gasteiger partial charge in [-0.3, -0.25) is 0 Å². The third-order valence-corrected chi connectivity index (χ3v) is 7.00. The quantitative estimate of drug-likeness (QED) is 0.641. The topological polar surface area (TPSA) is 51.7 Å². The molecule has 0 N–H and O–H groups in total. The van der Waals surface area contributed by atoms with E-state index in [2.05, 4.69) is 4.98 Å². The molecule has 0 saturated carbocycles.